The average Bonchev–Trinajstić information content (AvgIpc) is 2.67. The Bertz CT molecular complexity index is 329. The molecule has 90 valence electrons. The number of nitrogens with zero attached hydrogens (tertiary/aromatic N) is 1. The minimum Gasteiger partial charge on any atom is -0.345 e. The largest absolute Gasteiger partial charge is 0.345 e. The van der Waals surface area contributed by atoms with E-state index in [1.165, 1.54) is 31.6 Å². The number of piperidine rings is 1. The van der Waals surface area contributed by atoms with Gasteiger partial charge in [0.15, 0.2) is 0 Å². The lowest BCUT2D eigenvalue weighted by molar-refractivity contribution is 0.370. The highest BCUT2D eigenvalue weighted by atomic mass is 14.9. The van der Waals surface area contributed by atoms with E-state index in [1.54, 1.807) is 0 Å². The molecule has 0 saturated carbocycles. The standard InChI is InChI=1S/C13H23N3/c1-13(2,3)12-15-9-11(16-12)8-10-4-6-14-7-5-10/h9-10,14H,4-8H2,1-3H3,(H,15,16). The molecule has 0 radical (unpaired) electrons. The van der Waals surface area contributed by atoms with Gasteiger partial charge in [-0.15, -0.1) is 0 Å². The molecule has 0 aromatic carbocycles. The van der Waals surface area contributed by atoms with Gasteiger partial charge in [0.05, 0.1) is 0 Å². The van der Waals surface area contributed by atoms with Crippen LogP contribution in [0, 0.1) is 5.92 Å². The molecular weight excluding hydrogens is 198 g/mol. The van der Waals surface area contributed by atoms with Crippen LogP contribution in [0.3, 0.4) is 0 Å². The fourth-order valence-electron chi connectivity index (χ4n) is 2.24. The Kier molecular flexibility index (Phi) is 3.33. The first kappa shape index (κ1) is 11.6. The Hall–Kier alpha value is -0.830. The summed E-state index contributed by atoms with van der Waals surface area (Å²) in [6.45, 7) is 8.93. The van der Waals surface area contributed by atoms with Crippen LogP contribution in [-0.2, 0) is 11.8 Å². The first-order valence-corrected chi connectivity index (χ1v) is 6.31. The second-order valence-electron chi connectivity index (χ2n) is 5.90. The lowest BCUT2D eigenvalue weighted by atomic mass is 9.93. The summed E-state index contributed by atoms with van der Waals surface area (Å²) in [5.74, 6) is 1.94. The number of aromatic nitrogens is 2. The summed E-state index contributed by atoms with van der Waals surface area (Å²) in [5.41, 5.74) is 1.43. The van der Waals surface area contributed by atoms with E-state index in [9.17, 15) is 0 Å². The Balaban J connectivity index is 1.97. The number of hydrogen-bond acceptors (Lipinski definition) is 2. The predicted molar refractivity (Wildman–Crippen MR) is 66.6 cm³/mol. The van der Waals surface area contributed by atoms with E-state index in [-0.39, 0.29) is 5.41 Å². The maximum Gasteiger partial charge on any atom is 0.111 e. The minimum absolute atomic E-state index is 0.131. The molecule has 1 aliphatic heterocycles. The van der Waals surface area contributed by atoms with Crippen molar-refractivity contribution in [2.45, 2.75) is 45.4 Å². The third kappa shape index (κ3) is 2.85. The third-order valence-corrected chi connectivity index (χ3v) is 3.31. The number of hydrogen-bond donors (Lipinski definition) is 2. The zero-order valence-corrected chi connectivity index (χ0v) is 10.6. The summed E-state index contributed by atoms with van der Waals surface area (Å²) in [6, 6.07) is 0. The molecule has 1 fully saturated rings. The lowest BCUT2D eigenvalue weighted by Gasteiger charge is -2.21. The molecule has 2 N–H and O–H groups in total. The van der Waals surface area contributed by atoms with E-state index in [0.717, 1.165) is 18.2 Å². The van der Waals surface area contributed by atoms with Gasteiger partial charge in [-0.3, -0.25) is 0 Å². The second kappa shape index (κ2) is 4.58. The van der Waals surface area contributed by atoms with Crippen LogP contribution in [-0.4, -0.2) is 23.1 Å². The summed E-state index contributed by atoms with van der Waals surface area (Å²) < 4.78 is 0. The van der Waals surface area contributed by atoms with Crippen molar-refractivity contribution in [1.29, 1.82) is 0 Å². The summed E-state index contributed by atoms with van der Waals surface area (Å²) >= 11 is 0. The van der Waals surface area contributed by atoms with Crippen LogP contribution in [0.5, 0.6) is 0 Å². The van der Waals surface area contributed by atoms with Crippen molar-refractivity contribution < 1.29 is 0 Å². The first-order valence-electron chi connectivity index (χ1n) is 6.31. The monoisotopic (exact) mass is 221 g/mol. The van der Waals surface area contributed by atoms with E-state index < -0.39 is 0 Å². The molecule has 0 spiro atoms. The molecule has 0 bridgehead atoms. The quantitative estimate of drug-likeness (QED) is 0.804. The fourth-order valence-corrected chi connectivity index (χ4v) is 2.24. The highest BCUT2D eigenvalue weighted by Gasteiger charge is 2.19. The SMILES string of the molecule is CC(C)(C)c1ncc(CC2CCNCC2)[nH]1. The fraction of sp³-hybridized carbons (Fsp3) is 0.769. The molecule has 1 aliphatic rings. The number of aromatic amines is 1. The molecule has 1 saturated heterocycles. The molecule has 0 atom stereocenters. The Morgan fingerprint density at radius 2 is 2.00 bits per heavy atom. The summed E-state index contributed by atoms with van der Waals surface area (Å²) in [7, 11) is 0. The summed E-state index contributed by atoms with van der Waals surface area (Å²) in [6.07, 6.45) is 5.76. The van der Waals surface area contributed by atoms with Gasteiger partial charge >= 0.3 is 0 Å². The predicted octanol–water partition coefficient (Wildman–Crippen LogP) is 2.25. The molecule has 1 aromatic rings. The van der Waals surface area contributed by atoms with Crippen molar-refractivity contribution in [3.05, 3.63) is 17.7 Å². The van der Waals surface area contributed by atoms with Crippen LogP contribution < -0.4 is 5.32 Å². The van der Waals surface area contributed by atoms with Crippen molar-refractivity contribution in [3.63, 3.8) is 0 Å². The van der Waals surface area contributed by atoms with E-state index in [0.29, 0.717) is 0 Å². The molecule has 3 nitrogen and oxygen atoms in total. The van der Waals surface area contributed by atoms with Crippen LogP contribution in [0.2, 0.25) is 0 Å². The van der Waals surface area contributed by atoms with Crippen LogP contribution in [0.4, 0.5) is 0 Å². The molecule has 2 rings (SSSR count). The lowest BCUT2D eigenvalue weighted by Crippen LogP contribution is -2.28. The smallest absolute Gasteiger partial charge is 0.111 e. The highest BCUT2D eigenvalue weighted by Crippen LogP contribution is 2.21. The summed E-state index contributed by atoms with van der Waals surface area (Å²) in [5, 5.41) is 3.40. The van der Waals surface area contributed by atoms with Gasteiger partial charge in [-0.25, -0.2) is 4.98 Å². The Morgan fingerprint density at radius 1 is 1.31 bits per heavy atom. The van der Waals surface area contributed by atoms with Crippen molar-refractivity contribution in [2.75, 3.05) is 13.1 Å². The Labute approximate surface area is 98.1 Å². The van der Waals surface area contributed by atoms with Gasteiger partial charge in [0.2, 0.25) is 0 Å². The van der Waals surface area contributed by atoms with Gasteiger partial charge in [0.25, 0.3) is 0 Å². The van der Waals surface area contributed by atoms with E-state index >= 15 is 0 Å². The normalized spacial score (nSPS) is 18.9. The van der Waals surface area contributed by atoms with E-state index in [2.05, 4.69) is 36.1 Å². The first-order chi connectivity index (χ1) is 7.55. The van der Waals surface area contributed by atoms with Crippen LogP contribution in [0.1, 0.15) is 45.1 Å². The van der Waals surface area contributed by atoms with Crippen molar-refractivity contribution in [2.24, 2.45) is 5.92 Å². The van der Waals surface area contributed by atoms with Crippen molar-refractivity contribution >= 4 is 0 Å². The number of imidazole rings is 1. The van der Waals surface area contributed by atoms with Crippen molar-refractivity contribution in [3.8, 4) is 0 Å². The molecular formula is C13H23N3. The van der Waals surface area contributed by atoms with Crippen LogP contribution >= 0.6 is 0 Å². The third-order valence-electron chi connectivity index (χ3n) is 3.31. The number of nitrogens with one attached hydrogen (secondary N) is 2. The molecule has 2 heterocycles. The van der Waals surface area contributed by atoms with Gasteiger partial charge in [-0.05, 0) is 38.3 Å². The van der Waals surface area contributed by atoms with E-state index in [4.69, 9.17) is 0 Å². The van der Waals surface area contributed by atoms with Crippen LogP contribution in [0.25, 0.3) is 0 Å². The molecule has 0 amide bonds. The average molecular weight is 221 g/mol. The minimum atomic E-state index is 0.131. The van der Waals surface area contributed by atoms with Gasteiger partial charge in [-0.1, -0.05) is 20.8 Å². The second-order valence-corrected chi connectivity index (χ2v) is 5.90. The maximum atomic E-state index is 4.48. The molecule has 1 aromatic heterocycles. The zero-order valence-electron chi connectivity index (χ0n) is 10.6. The topological polar surface area (TPSA) is 40.7 Å². The van der Waals surface area contributed by atoms with Crippen molar-refractivity contribution in [1.82, 2.24) is 15.3 Å². The van der Waals surface area contributed by atoms with E-state index in [1.807, 2.05) is 6.20 Å². The number of H-pyrrole nitrogens is 1. The zero-order chi connectivity index (χ0) is 11.6. The molecule has 3 heteroatoms. The Morgan fingerprint density at radius 3 is 2.56 bits per heavy atom. The maximum absolute atomic E-state index is 4.48. The number of rotatable bonds is 2. The highest BCUT2D eigenvalue weighted by molar-refractivity contribution is 5.09. The molecule has 0 aliphatic carbocycles. The molecule has 0 unspecified atom stereocenters. The van der Waals surface area contributed by atoms with Gasteiger partial charge < -0.3 is 10.3 Å². The molecule has 16 heavy (non-hydrogen) atoms. The van der Waals surface area contributed by atoms with Gasteiger partial charge in [0.1, 0.15) is 5.82 Å². The van der Waals surface area contributed by atoms with Gasteiger partial charge in [0, 0.05) is 17.3 Å². The van der Waals surface area contributed by atoms with Gasteiger partial charge in [-0.2, -0.15) is 0 Å². The van der Waals surface area contributed by atoms with Crippen LogP contribution in [0.15, 0.2) is 6.20 Å². The summed E-state index contributed by atoms with van der Waals surface area (Å²) in [4.78, 5) is 7.95.